The van der Waals surface area contributed by atoms with Crippen LogP contribution >= 0.6 is 11.3 Å². The van der Waals surface area contributed by atoms with Crippen molar-refractivity contribution in [1.82, 2.24) is 14.8 Å². The second kappa shape index (κ2) is 7.23. The Morgan fingerprint density at radius 1 is 1.35 bits per heavy atom. The fourth-order valence-corrected chi connectivity index (χ4v) is 3.87. The molecule has 23 heavy (non-hydrogen) atoms. The molecule has 4 nitrogen and oxygen atoms in total. The Balaban J connectivity index is 1.67. The highest BCUT2D eigenvalue weighted by molar-refractivity contribution is 7.09. The van der Waals surface area contributed by atoms with Crippen molar-refractivity contribution < 1.29 is 4.79 Å². The molecule has 1 amide bonds. The van der Waals surface area contributed by atoms with Crippen molar-refractivity contribution in [3.05, 3.63) is 52.0 Å². The van der Waals surface area contributed by atoms with E-state index in [1.54, 1.807) is 11.3 Å². The zero-order valence-corrected chi connectivity index (χ0v) is 14.6. The molecular formula is C18H23N3OS. The summed E-state index contributed by atoms with van der Waals surface area (Å²) >= 11 is 1.69. The van der Waals surface area contributed by atoms with Crippen LogP contribution in [0.4, 0.5) is 0 Å². The van der Waals surface area contributed by atoms with Gasteiger partial charge in [-0.2, -0.15) is 0 Å². The lowest BCUT2D eigenvalue weighted by Gasteiger charge is -2.32. The minimum Gasteiger partial charge on any atom is -0.338 e. The molecule has 2 aromatic rings. The summed E-state index contributed by atoms with van der Waals surface area (Å²) in [6.07, 6.45) is 4.03. The number of rotatable bonds is 4. The predicted molar refractivity (Wildman–Crippen MR) is 93.8 cm³/mol. The molecular weight excluding hydrogens is 306 g/mol. The van der Waals surface area contributed by atoms with Crippen LogP contribution in [0.5, 0.6) is 0 Å². The van der Waals surface area contributed by atoms with Crippen LogP contribution in [-0.4, -0.2) is 47.9 Å². The third-order valence-corrected chi connectivity index (χ3v) is 5.15. The number of piperidine rings is 1. The Kier molecular flexibility index (Phi) is 5.08. The second-order valence-corrected chi connectivity index (χ2v) is 7.32. The summed E-state index contributed by atoms with van der Waals surface area (Å²) in [4.78, 5) is 21.3. The van der Waals surface area contributed by atoms with Gasteiger partial charge in [-0.25, -0.2) is 4.98 Å². The molecule has 122 valence electrons. The van der Waals surface area contributed by atoms with E-state index in [9.17, 15) is 4.79 Å². The van der Waals surface area contributed by atoms with Crippen molar-refractivity contribution in [1.29, 1.82) is 0 Å². The number of hydrogen-bond acceptors (Lipinski definition) is 4. The highest BCUT2D eigenvalue weighted by atomic mass is 32.1. The van der Waals surface area contributed by atoms with Crippen LogP contribution in [0.2, 0.25) is 0 Å². The molecule has 2 heterocycles. The quantitative estimate of drug-likeness (QED) is 0.864. The third-order valence-electron chi connectivity index (χ3n) is 4.21. The lowest BCUT2D eigenvalue weighted by Crippen LogP contribution is -2.39. The Hall–Kier alpha value is -1.72. The number of aromatic nitrogens is 1. The average Bonchev–Trinajstić information content (AvgIpc) is 3.09. The normalized spacial score (nSPS) is 18.4. The highest BCUT2D eigenvalue weighted by Crippen LogP contribution is 2.28. The van der Waals surface area contributed by atoms with E-state index in [0.717, 1.165) is 43.0 Å². The molecule has 5 heteroatoms. The van der Waals surface area contributed by atoms with Crippen LogP contribution in [0.3, 0.4) is 0 Å². The first-order valence-electron chi connectivity index (χ1n) is 8.06. The molecule has 1 aromatic heterocycles. The van der Waals surface area contributed by atoms with Gasteiger partial charge in [0.15, 0.2) is 0 Å². The van der Waals surface area contributed by atoms with E-state index in [0.29, 0.717) is 5.92 Å². The molecule has 1 aliphatic rings. The van der Waals surface area contributed by atoms with Crippen LogP contribution in [0.25, 0.3) is 0 Å². The molecule has 1 atom stereocenters. The molecule has 0 aliphatic carbocycles. The van der Waals surface area contributed by atoms with Crippen LogP contribution in [0.15, 0.2) is 35.8 Å². The van der Waals surface area contributed by atoms with Gasteiger partial charge in [-0.3, -0.25) is 4.79 Å². The number of hydrogen-bond donors (Lipinski definition) is 0. The van der Waals surface area contributed by atoms with Gasteiger partial charge in [0.05, 0.1) is 5.01 Å². The molecule has 1 aromatic carbocycles. The standard InChI is InChI=1S/C18H23N3OS/c1-20(2)12-14-5-7-15(8-6-14)18(22)21-10-3-4-16(13-21)17-19-9-11-23-17/h5-9,11,16H,3-4,10,12-13H2,1-2H3/t16-/m1/s1. The van der Waals surface area contributed by atoms with E-state index in [-0.39, 0.29) is 5.91 Å². The summed E-state index contributed by atoms with van der Waals surface area (Å²) in [5, 5.41) is 3.17. The topological polar surface area (TPSA) is 36.4 Å². The van der Waals surface area contributed by atoms with Crippen LogP contribution in [-0.2, 0) is 6.54 Å². The van der Waals surface area contributed by atoms with Gasteiger partial charge in [0, 0.05) is 42.7 Å². The molecule has 1 aliphatic heterocycles. The number of likely N-dealkylation sites (tertiary alicyclic amines) is 1. The van der Waals surface area contributed by atoms with Crippen molar-refractivity contribution in [2.75, 3.05) is 27.2 Å². The van der Waals surface area contributed by atoms with Crippen molar-refractivity contribution in [2.45, 2.75) is 25.3 Å². The van der Waals surface area contributed by atoms with Gasteiger partial charge in [0.2, 0.25) is 0 Å². The third kappa shape index (κ3) is 3.98. The molecule has 0 saturated carbocycles. The zero-order chi connectivity index (χ0) is 16.2. The molecule has 1 saturated heterocycles. The lowest BCUT2D eigenvalue weighted by molar-refractivity contribution is 0.0707. The Morgan fingerprint density at radius 3 is 2.78 bits per heavy atom. The zero-order valence-electron chi connectivity index (χ0n) is 13.7. The number of thiazole rings is 1. The van der Waals surface area contributed by atoms with E-state index in [1.165, 1.54) is 5.56 Å². The number of amides is 1. The van der Waals surface area contributed by atoms with Gasteiger partial charge in [-0.15, -0.1) is 11.3 Å². The van der Waals surface area contributed by atoms with Gasteiger partial charge in [0.25, 0.3) is 5.91 Å². The maximum Gasteiger partial charge on any atom is 0.253 e. The van der Waals surface area contributed by atoms with Gasteiger partial charge in [-0.05, 0) is 44.6 Å². The smallest absolute Gasteiger partial charge is 0.253 e. The lowest BCUT2D eigenvalue weighted by atomic mass is 9.98. The second-order valence-electron chi connectivity index (χ2n) is 6.40. The summed E-state index contributed by atoms with van der Waals surface area (Å²) in [6, 6.07) is 8.01. The summed E-state index contributed by atoms with van der Waals surface area (Å²) in [5.41, 5.74) is 2.01. The number of carbonyl (C=O) groups excluding carboxylic acids is 1. The summed E-state index contributed by atoms with van der Waals surface area (Å²) in [7, 11) is 4.09. The van der Waals surface area contributed by atoms with Gasteiger partial charge in [-0.1, -0.05) is 12.1 Å². The average molecular weight is 329 g/mol. The van der Waals surface area contributed by atoms with Gasteiger partial charge >= 0.3 is 0 Å². The van der Waals surface area contributed by atoms with Crippen molar-refractivity contribution in [3.8, 4) is 0 Å². The number of carbonyl (C=O) groups is 1. The molecule has 0 bridgehead atoms. The molecule has 0 radical (unpaired) electrons. The van der Waals surface area contributed by atoms with E-state index in [2.05, 4.69) is 22.0 Å². The molecule has 0 unspecified atom stereocenters. The largest absolute Gasteiger partial charge is 0.338 e. The van der Waals surface area contributed by atoms with Crippen LogP contribution < -0.4 is 0 Å². The molecule has 3 rings (SSSR count). The van der Waals surface area contributed by atoms with Crippen molar-refractivity contribution in [2.24, 2.45) is 0 Å². The number of nitrogens with zero attached hydrogens (tertiary/aromatic N) is 3. The van der Waals surface area contributed by atoms with Gasteiger partial charge < -0.3 is 9.80 Å². The van der Waals surface area contributed by atoms with E-state index < -0.39 is 0 Å². The van der Waals surface area contributed by atoms with Crippen LogP contribution in [0.1, 0.15) is 39.7 Å². The maximum atomic E-state index is 12.7. The van der Waals surface area contributed by atoms with E-state index in [1.807, 2.05) is 42.7 Å². The first-order valence-corrected chi connectivity index (χ1v) is 8.94. The molecule has 0 N–H and O–H groups in total. The minimum atomic E-state index is 0.141. The molecule has 1 fully saturated rings. The molecule has 0 spiro atoms. The fraction of sp³-hybridized carbons (Fsp3) is 0.444. The maximum absolute atomic E-state index is 12.7. The first kappa shape index (κ1) is 16.1. The summed E-state index contributed by atoms with van der Waals surface area (Å²) in [5.74, 6) is 0.531. The Bertz CT molecular complexity index is 637. The first-order chi connectivity index (χ1) is 11.1. The summed E-state index contributed by atoms with van der Waals surface area (Å²) < 4.78 is 0. The van der Waals surface area contributed by atoms with Crippen LogP contribution in [0, 0.1) is 0 Å². The monoisotopic (exact) mass is 329 g/mol. The van der Waals surface area contributed by atoms with E-state index in [4.69, 9.17) is 0 Å². The fourth-order valence-electron chi connectivity index (χ4n) is 3.10. The summed E-state index contributed by atoms with van der Waals surface area (Å²) in [6.45, 7) is 2.52. The van der Waals surface area contributed by atoms with Crippen molar-refractivity contribution >= 4 is 17.2 Å². The van der Waals surface area contributed by atoms with E-state index >= 15 is 0 Å². The predicted octanol–water partition coefficient (Wildman–Crippen LogP) is 3.22. The SMILES string of the molecule is CN(C)Cc1ccc(C(=O)N2CCC[C@@H](c3nccs3)C2)cc1. The number of benzene rings is 1. The van der Waals surface area contributed by atoms with Gasteiger partial charge in [0.1, 0.15) is 0 Å². The Morgan fingerprint density at radius 2 is 2.13 bits per heavy atom. The van der Waals surface area contributed by atoms with Crippen molar-refractivity contribution in [3.63, 3.8) is 0 Å². The minimum absolute atomic E-state index is 0.141. The highest BCUT2D eigenvalue weighted by Gasteiger charge is 2.26. The Labute approximate surface area is 141 Å².